The summed E-state index contributed by atoms with van der Waals surface area (Å²) in [6, 6.07) is 5.03. The van der Waals surface area contributed by atoms with Crippen LogP contribution in [0.1, 0.15) is 31.0 Å². The first kappa shape index (κ1) is 10.7. The molecule has 0 bridgehead atoms. The van der Waals surface area contributed by atoms with Crippen LogP contribution >= 0.6 is 0 Å². The number of nitrogens with two attached hydrogens (primary N) is 1. The van der Waals surface area contributed by atoms with Gasteiger partial charge in [-0.25, -0.2) is 9.37 Å². The molecule has 2 atom stereocenters. The molecule has 1 heterocycles. The van der Waals surface area contributed by atoms with Gasteiger partial charge in [-0.3, -0.25) is 0 Å². The Hall–Kier alpha value is -1.42. The Kier molecular flexibility index (Phi) is 2.40. The van der Waals surface area contributed by atoms with Crippen molar-refractivity contribution in [3.05, 3.63) is 29.8 Å². The van der Waals surface area contributed by atoms with Gasteiger partial charge in [0.2, 0.25) is 0 Å². The quantitative estimate of drug-likeness (QED) is 0.821. The van der Waals surface area contributed by atoms with Gasteiger partial charge in [0.25, 0.3) is 0 Å². The van der Waals surface area contributed by atoms with Crippen LogP contribution in [0.2, 0.25) is 0 Å². The summed E-state index contributed by atoms with van der Waals surface area (Å²) in [4.78, 5) is 4.61. The van der Waals surface area contributed by atoms with Crippen LogP contribution in [0.3, 0.4) is 0 Å². The van der Waals surface area contributed by atoms with E-state index in [1.807, 2.05) is 11.6 Å². The predicted octanol–water partition coefficient (Wildman–Crippen LogP) is 2.31. The maximum atomic E-state index is 13.2. The lowest BCUT2D eigenvalue weighted by atomic mass is 10.1. The molecule has 3 nitrogen and oxygen atoms in total. The topological polar surface area (TPSA) is 43.8 Å². The van der Waals surface area contributed by atoms with E-state index in [1.165, 1.54) is 6.07 Å². The fourth-order valence-corrected chi connectivity index (χ4v) is 2.80. The molecule has 90 valence electrons. The first-order valence-electron chi connectivity index (χ1n) is 6.02. The normalized spacial score (nSPS) is 24.6. The van der Waals surface area contributed by atoms with Crippen LogP contribution in [-0.2, 0) is 7.05 Å². The van der Waals surface area contributed by atoms with Crippen LogP contribution in [0.4, 0.5) is 4.39 Å². The van der Waals surface area contributed by atoms with E-state index in [9.17, 15) is 4.39 Å². The maximum absolute atomic E-state index is 13.2. The molecule has 1 aromatic heterocycles. The number of hydrogen-bond donors (Lipinski definition) is 1. The smallest absolute Gasteiger partial charge is 0.125 e. The third kappa shape index (κ3) is 1.72. The molecule has 17 heavy (non-hydrogen) atoms. The van der Waals surface area contributed by atoms with Gasteiger partial charge in [0.05, 0.1) is 11.0 Å². The average molecular weight is 233 g/mol. The van der Waals surface area contributed by atoms with Crippen molar-refractivity contribution in [1.82, 2.24) is 9.55 Å². The van der Waals surface area contributed by atoms with Crippen LogP contribution in [0.25, 0.3) is 11.0 Å². The van der Waals surface area contributed by atoms with Gasteiger partial charge in [0.1, 0.15) is 11.6 Å². The number of fused-ring (bicyclic) bond motifs is 1. The number of halogens is 1. The average Bonchev–Trinajstić information content (AvgIpc) is 2.84. The van der Waals surface area contributed by atoms with Crippen molar-refractivity contribution in [2.45, 2.75) is 31.2 Å². The van der Waals surface area contributed by atoms with E-state index in [-0.39, 0.29) is 11.9 Å². The largest absolute Gasteiger partial charge is 0.331 e. The zero-order chi connectivity index (χ0) is 12.0. The first-order chi connectivity index (χ1) is 8.15. The van der Waals surface area contributed by atoms with Crippen molar-refractivity contribution < 1.29 is 4.39 Å². The Balaban J connectivity index is 2.08. The third-order valence-electron chi connectivity index (χ3n) is 3.72. The lowest BCUT2D eigenvalue weighted by molar-refractivity contribution is 0.618. The molecule has 4 heteroatoms. The van der Waals surface area contributed by atoms with Crippen LogP contribution < -0.4 is 5.73 Å². The van der Waals surface area contributed by atoms with Crippen molar-refractivity contribution in [3.63, 3.8) is 0 Å². The lowest BCUT2D eigenvalue weighted by Crippen LogP contribution is -2.15. The van der Waals surface area contributed by atoms with E-state index >= 15 is 0 Å². The summed E-state index contributed by atoms with van der Waals surface area (Å²) in [5, 5.41) is 0. The minimum Gasteiger partial charge on any atom is -0.331 e. The standard InChI is InChI=1S/C13H16FN3/c1-17-12-7-9(14)3-5-11(12)16-13(17)8-2-4-10(15)6-8/h3,5,7-8,10H,2,4,6,15H2,1H3/t8-,10+/m1/s1. The minimum atomic E-state index is -0.213. The molecule has 2 N–H and O–H groups in total. The van der Waals surface area contributed by atoms with Gasteiger partial charge >= 0.3 is 0 Å². The molecule has 0 saturated heterocycles. The molecule has 0 spiro atoms. The fraction of sp³-hybridized carbons (Fsp3) is 0.462. The van der Waals surface area contributed by atoms with E-state index in [4.69, 9.17) is 5.73 Å². The second kappa shape index (κ2) is 3.81. The molecular weight excluding hydrogens is 217 g/mol. The van der Waals surface area contributed by atoms with E-state index in [0.717, 1.165) is 36.1 Å². The van der Waals surface area contributed by atoms with Crippen molar-refractivity contribution in [2.75, 3.05) is 0 Å². The van der Waals surface area contributed by atoms with Crippen LogP contribution in [0, 0.1) is 5.82 Å². The molecule has 1 saturated carbocycles. The van der Waals surface area contributed by atoms with Crippen LogP contribution in [-0.4, -0.2) is 15.6 Å². The molecule has 1 aliphatic carbocycles. The van der Waals surface area contributed by atoms with Crippen molar-refractivity contribution in [2.24, 2.45) is 12.8 Å². The SMILES string of the molecule is Cn1c([C@@H]2CC[C@H](N)C2)nc2ccc(F)cc21. The Bertz CT molecular complexity index is 561. The molecule has 0 radical (unpaired) electrons. The fourth-order valence-electron chi connectivity index (χ4n) is 2.80. The lowest BCUT2D eigenvalue weighted by Gasteiger charge is -2.09. The maximum Gasteiger partial charge on any atom is 0.125 e. The first-order valence-corrected chi connectivity index (χ1v) is 6.02. The molecule has 3 rings (SSSR count). The van der Waals surface area contributed by atoms with Gasteiger partial charge in [0.15, 0.2) is 0 Å². The molecule has 1 aliphatic rings. The molecule has 1 aromatic carbocycles. The molecule has 0 aliphatic heterocycles. The zero-order valence-corrected chi connectivity index (χ0v) is 9.86. The van der Waals surface area contributed by atoms with E-state index in [0.29, 0.717) is 5.92 Å². The molecule has 1 fully saturated rings. The molecule has 2 aromatic rings. The monoisotopic (exact) mass is 233 g/mol. The van der Waals surface area contributed by atoms with Gasteiger partial charge in [-0.2, -0.15) is 0 Å². The highest BCUT2D eigenvalue weighted by molar-refractivity contribution is 5.76. The summed E-state index contributed by atoms with van der Waals surface area (Å²) in [6.45, 7) is 0. The zero-order valence-electron chi connectivity index (χ0n) is 9.86. The Morgan fingerprint density at radius 3 is 2.94 bits per heavy atom. The number of nitrogens with zero attached hydrogens (tertiary/aromatic N) is 2. The van der Waals surface area contributed by atoms with Crippen LogP contribution in [0.15, 0.2) is 18.2 Å². The predicted molar refractivity (Wildman–Crippen MR) is 65.2 cm³/mol. The Labute approximate surface area is 99.4 Å². The van der Waals surface area contributed by atoms with Crippen molar-refractivity contribution in [1.29, 1.82) is 0 Å². The number of aromatic nitrogens is 2. The van der Waals surface area contributed by atoms with Gasteiger partial charge in [-0.1, -0.05) is 0 Å². The third-order valence-corrected chi connectivity index (χ3v) is 3.72. The molecule has 0 unspecified atom stereocenters. The van der Waals surface area contributed by atoms with Gasteiger partial charge in [0, 0.05) is 19.0 Å². The highest BCUT2D eigenvalue weighted by atomic mass is 19.1. The van der Waals surface area contributed by atoms with Gasteiger partial charge in [-0.15, -0.1) is 0 Å². The molecular formula is C13H16FN3. The second-order valence-corrected chi connectivity index (χ2v) is 4.93. The second-order valence-electron chi connectivity index (χ2n) is 4.93. The highest BCUT2D eigenvalue weighted by Crippen LogP contribution is 2.34. The van der Waals surface area contributed by atoms with Crippen molar-refractivity contribution in [3.8, 4) is 0 Å². The summed E-state index contributed by atoms with van der Waals surface area (Å²) >= 11 is 0. The highest BCUT2D eigenvalue weighted by Gasteiger charge is 2.27. The summed E-state index contributed by atoms with van der Waals surface area (Å²) in [5.74, 6) is 1.25. The number of benzene rings is 1. The van der Waals surface area contributed by atoms with Crippen LogP contribution in [0.5, 0.6) is 0 Å². The number of hydrogen-bond acceptors (Lipinski definition) is 2. The summed E-state index contributed by atoms with van der Waals surface area (Å²) in [6.07, 6.45) is 3.13. The number of aryl methyl sites for hydroxylation is 1. The van der Waals surface area contributed by atoms with E-state index < -0.39 is 0 Å². The summed E-state index contributed by atoms with van der Waals surface area (Å²) in [5.41, 5.74) is 7.66. The van der Waals surface area contributed by atoms with Gasteiger partial charge < -0.3 is 10.3 Å². The number of imidazole rings is 1. The number of rotatable bonds is 1. The van der Waals surface area contributed by atoms with E-state index in [1.54, 1.807) is 12.1 Å². The molecule has 0 amide bonds. The Morgan fingerprint density at radius 2 is 2.24 bits per heavy atom. The minimum absolute atomic E-state index is 0.213. The summed E-state index contributed by atoms with van der Waals surface area (Å²) in [7, 11) is 1.95. The summed E-state index contributed by atoms with van der Waals surface area (Å²) < 4.78 is 15.2. The van der Waals surface area contributed by atoms with Crippen molar-refractivity contribution >= 4 is 11.0 Å². The van der Waals surface area contributed by atoms with Gasteiger partial charge in [-0.05, 0) is 37.5 Å². The Morgan fingerprint density at radius 1 is 1.41 bits per heavy atom. The van der Waals surface area contributed by atoms with E-state index in [2.05, 4.69) is 4.98 Å².